The number of aromatic nitrogens is 2. The molecule has 1 aromatic rings. The average molecular weight is 139 g/mol. The first-order valence-electron chi connectivity index (χ1n) is 3.37. The van der Waals surface area contributed by atoms with Crippen LogP contribution < -0.4 is 5.32 Å². The second kappa shape index (κ2) is 2.84. The summed E-state index contributed by atoms with van der Waals surface area (Å²) in [5, 5.41) is 3.05. The highest BCUT2D eigenvalue weighted by Gasteiger charge is 1.99. The van der Waals surface area contributed by atoms with Gasteiger partial charge in [0, 0.05) is 18.9 Å². The number of aryl methyl sites for hydroxylation is 1. The molecular formula is C7H13N3. The van der Waals surface area contributed by atoms with Crippen LogP contribution in [0.2, 0.25) is 0 Å². The zero-order chi connectivity index (χ0) is 7.56. The van der Waals surface area contributed by atoms with Gasteiger partial charge in [-0.3, -0.25) is 0 Å². The monoisotopic (exact) mass is 139 g/mol. The molecule has 0 aliphatic carbocycles. The van der Waals surface area contributed by atoms with Crippen molar-refractivity contribution < 1.29 is 0 Å². The lowest BCUT2D eigenvalue weighted by atomic mass is 10.5. The zero-order valence-corrected chi connectivity index (χ0v) is 6.68. The number of imidazole rings is 1. The fourth-order valence-corrected chi connectivity index (χ4v) is 0.867. The molecule has 0 unspecified atom stereocenters. The second-order valence-corrected chi connectivity index (χ2v) is 2.41. The standard InChI is InChI=1S/C7H13N3/c1-6-4-9-7(5-8-2)10(6)3/h4,8H,5H2,1-3H3. The molecule has 0 aliphatic heterocycles. The summed E-state index contributed by atoms with van der Waals surface area (Å²) in [6.45, 7) is 2.89. The van der Waals surface area contributed by atoms with Crippen LogP contribution in [0.5, 0.6) is 0 Å². The van der Waals surface area contributed by atoms with Crippen molar-refractivity contribution in [2.24, 2.45) is 7.05 Å². The predicted molar refractivity (Wildman–Crippen MR) is 40.7 cm³/mol. The van der Waals surface area contributed by atoms with E-state index in [1.54, 1.807) is 0 Å². The van der Waals surface area contributed by atoms with E-state index >= 15 is 0 Å². The minimum Gasteiger partial charge on any atom is -0.334 e. The number of hydrogen-bond donors (Lipinski definition) is 1. The first-order chi connectivity index (χ1) is 4.75. The summed E-state index contributed by atoms with van der Waals surface area (Å²) in [6, 6.07) is 0. The summed E-state index contributed by atoms with van der Waals surface area (Å²) in [5.41, 5.74) is 1.20. The molecule has 0 spiro atoms. The number of hydrogen-bond acceptors (Lipinski definition) is 2. The summed E-state index contributed by atoms with van der Waals surface area (Å²) >= 11 is 0. The highest BCUT2D eigenvalue weighted by Crippen LogP contribution is 1.99. The Hall–Kier alpha value is -0.830. The van der Waals surface area contributed by atoms with Crippen LogP contribution in [0.25, 0.3) is 0 Å². The van der Waals surface area contributed by atoms with Crippen molar-refractivity contribution in [3.63, 3.8) is 0 Å². The Bertz CT molecular complexity index is 215. The van der Waals surface area contributed by atoms with E-state index in [1.807, 2.05) is 27.2 Å². The van der Waals surface area contributed by atoms with Gasteiger partial charge < -0.3 is 9.88 Å². The molecule has 0 aromatic carbocycles. The van der Waals surface area contributed by atoms with Crippen LogP contribution in [0.15, 0.2) is 6.20 Å². The fourth-order valence-electron chi connectivity index (χ4n) is 0.867. The van der Waals surface area contributed by atoms with Gasteiger partial charge in [0.25, 0.3) is 0 Å². The normalized spacial score (nSPS) is 10.3. The van der Waals surface area contributed by atoms with Gasteiger partial charge in [0.2, 0.25) is 0 Å². The quantitative estimate of drug-likeness (QED) is 0.644. The molecule has 1 aromatic heterocycles. The van der Waals surface area contributed by atoms with E-state index in [1.165, 1.54) is 5.69 Å². The van der Waals surface area contributed by atoms with E-state index in [0.717, 1.165) is 12.4 Å². The molecular weight excluding hydrogens is 126 g/mol. The summed E-state index contributed by atoms with van der Waals surface area (Å²) in [7, 11) is 3.94. The van der Waals surface area contributed by atoms with Crippen LogP contribution in [0.1, 0.15) is 11.5 Å². The van der Waals surface area contributed by atoms with Crippen LogP contribution in [0.3, 0.4) is 0 Å². The van der Waals surface area contributed by atoms with Crippen LogP contribution in [-0.2, 0) is 13.6 Å². The number of rotatable bonds is 2. The third-order valence-corrected chi connectivity index (χ3v) is 1.65. The van der Waals surface area contributed by atoms with E-state index in [4.69, 9.17) is 0 Å². The molecule has 1 rings (SSSR count). The number of nitrogens with zero attached hydrogens (tertiary/aromatic N) is 2. The Kier molecular flexibility index (Phi) is 2.06. The average Bonchev–Trinajstić information content (AvgIpc) is 2.20. The Labute approximate surface area is 61.1 Å². The first kappa shape index (κ1) is 7.28. The van der Waals surface area contributed by atoms with Gasteiger partial charge in [-0.2, -0.15) is 0 Å². The molecule has 56 valence electrons. The Morgan fingerprint density at radius 2 is 2.40 bits per heavy atom. The molecule has 3 heteroatoms. The van der Waals surface area contributed by atoms with Gasteiger partial charge in [0.05, 0.1) is 6.54 Å². The topological polar surface area (TPSA) is 29.9 Å². The lowest BCUT2D eigenvalue weighted by molar-refractivity contribution is 0.701. The molecule has 1 N–H and O–H groups in total. The molecule has 0 fully saturated rings. The molecule has 0 saturated heterocycles. The zero-order valence-electron chi connectivity index (χ0n) is 6.68. The van der Waals surface area contributed by atoms with Gasteiger partial charge in [0.1, 0.15) is 5.82 Å². The maximum absolute atomic E-state index is 4.21. The Balaban J connectivity index is 2.83. The van der Waals surface area contributed by atoms with Gasteiger partial charge in [-0.1, -0.05) is 0 Å². The van der Waals surface area contributed by atoms with Crippen LogP contribution in [-0.4, -0.2) is 16.6 Å². The van der Waals surface area contributed by atoms with Crippen LogP contribution in [0, 0.1) is 6.92 Å². The Morgan fingerprint density at radius 3 is 2.80 bits per heavy atom. The van der Waals surface area contributed by atoms with E-state index in [2.05, 4.69) is 14.9 Å². The van der Waals surface area contributed by atoms with Crippen LogP contribution >= 0.6 is 0 Å². The van der Waals surface area contributed by atoms with Crippen molar-refractivity contribution in [3.8, 4) is 0 Å². The minimum atomic E-state index is 0.838. The third-order valence-electron chi connectivity index (χ3n) is 1.65. The highest BCUT2D eigenvalue weighted by atomic mass is 15.1. The SMILES string of the molecule is CNCc1ncc(C)n1C. The largest absolute Gasteiger partial charge is 0.334 e. The maximum atomic E-state index is 4.21. The van der Waals surface area contributed by atoms with Gasteiger partial charge in [-0.25, -0.2) is 4.98 Å². The van der Waals surface area contributed by atoms with Crippen molar-refractivity contribution in [1.82, 2.24) is 14.9 Å². The molecule has 10 heavy (non-hydrogen) atoms. The van der Waals surface area contributed by atoms with Crippen molar-refractivity contribution in [1.29, 1.82) is 0 Å². The van der Waals surface area contributed by atoms with Gasteiger partial charge in [0.15, 0.2) is 0 Å². The number of nitrogens with one attached hydrogen (secondary N) is 1. The second-order valence-electron chi connectivity index (χ2n) is 2.41. The molecule has 0 saturated carbocycles. The van der Waals surface area contributed by atoms with Gasteiger partial charge >= 0.3 is 0 Å². The van der Waals surface area contributed by atoms with E-state index in [9.17, 15) is 0 Å². The third kappa shape index (κ3) is 1.19. The van der Waals surface area contributed by atoms with Crippen molar-refractivity contribution in [3.05, 3.63) is 17.7 Å². The minimum absolute atomic E-state index is 0.838. The smallest absolute Gasteiger partial charge is 0.122 e. The summed E-state index contributed by atoms with van der Waals surface area (Å²) in [5.74, 6) is 1.08. The molecule has 3 nitrogen and oxygen atoms in total. The van der Waals surface area contributed by atoms with E-state index < -0.39 is 0 Å². The molecule has 0 amide bonds. The summed E-state index contributed by atoms with van der Waals surface area (Å²) in [4.78, 5) is 4.21. The van der Waals surface area contributed by atoms with Gasteiger partial charge in [-0.15, -0.1) is 0 Å². The van der Waals surface area contributed by atoms with E-state index in [0.29, 0.717) is 0 Å². The Morgan fingerprint density at radius 1 is 1.70 bits per heavy atom. The lowest BCUT2D eigenvalue weighted by Crippen LogP contribution is -2.10. The fraction of sp³-hybridized carbons (Fsp3) is 0.571. The molecule has 0 atom stereocenters. The maximum Gasteiger partial charge on any atom is 0.122 e. The van der Waals surface area contributed by atoms with Crippen LogP contribution in [0.4, 0.5) is 0 Å². The molecule has 0 radical (unpaired) electrons. The van der Waals surface area contributed by atoms with Crippen molar-refractivity contribution in [2.75, 3.05) is 7.05 Å². The summed E-state index contributed by atoms with van der Waals surface area (Å²) in [6.07, 6.45) is 1.88. The van der Waals surface area contributed by atoms with Crippen molar-refractivity contribution in [2.45, 2.75) is 13.5 Å². The molecule has 0 bridgehead atoms. The van der Waals surface area contributed by atoms with E-state index in [-0.39, 0.29) is 0 Å². The first-order valence-corrected chi connectivity index (χ1v) is 3.37. The molecule has 1 heterocycles. The molecule has 0 aliphatic rings. The van der Waals surface area contributed by atoms with Crippen molar-refractivity contribution >= 4 is 0 Å². The summed E-state index contributed by atoms with van der Waals surface area (Å²) < 4.78 is 2.08. The highest BCUT2D eigenvalue weighted by molar-refractivity contribution is 5.01. The predicted octanol–water partition coefficient (Wildman–Crippen LogP) is 0.448. The lowest BCUT2D eigenvalue weighted by Gasteiger charge is -2.00. The van der Waals surface area contributed by atoms with Gasteiger partial charge in [-0.05, 0) is 14.0 Å².